The number of halogens is 2. The molecule has 0 saturated carbocycles. The molecule has 7 nitrogen and oxygen atoms in total. The van der Waals surface area contributed by atoms with Crippen LogP contribution in [0.5, 0.6) is 0 Å². The number of aromatic nitrogens is 4. The maximum Gasteiger partial charge on any atom is 0.233 e. The number of ether oxygens (including phenoxy) is 2. The Kier molecular flexibility index (Phi) is 4.73. The smallest absolute Gasteiger partial charge is 0.233 e. The van der Waals surface area contributed by atoms with Gasteiger partial charge >= 0.3 is 0 Å². The van der Waals surface area contributed by atoms with E-state index in [9.17, 15) is 13.9 Å². The number of aliphatic hydroxyl groups is 1. The van der Waals surface area contributed by atoms with E-state index >= 15 is 0 Å². The molecule has 0 bridgehead atoms. The number of aryl methyl sites for hydroxylation is 1. The summed E-state index contributed by atoms with van der Waals surface area (Å²) in [6.45, 7) is 3.30. The molecule has 1 saturated heterocycles. The van der Waals surface area contributed by atoms with Gasteiger partial charge in [-0.15, -0.1) is 5.10 Å². The number of benzene rings is 1. The number of hydrogen-bond donors (Lipinski definition) is 1. The number of nitrogens with zero attached hydrogens (tertiary/aromatic N) is 4. The summed E-state index contributed by atoms with van der Waals surface area (Å²) in [6, 6.07) is 5.08. The molecule has 1 aliphatic heterocycles. The van der Waals surface area contributed by atoms with Gasteiger partial charge in [0, 0.05) is 29.9 Å². The first-order valence-electron chi connectivity index (χ1n) is 8.55. The van der Waals surface area contributed by atoms with E-state index in [1.165, 1.54) is 29.1 Å². The van der Waals surface area contributed by atoms with Gasteiger partial charge < -0.3 is 14.6 Å². The zero-order chi connectivity index (χ0) is 19.0. The molecule has 4 rings (SSSR count). The van der Waals surface area contributed by atoms with Crippen LogP contribution >= 0.6 is 0 Å². The molecule has 1 aromatic carbocycles. The van der Waals surface area contributed by atoms with Crippen molar-refractivity contribution < 1.29 is 23.4 Å². The lowest BCUT2D eigenvalue weighted by Crippen LogP contribution is -2.12. The molecule has 0 spiro atoms. The van der Waals surface area contributed by atoms with Gasteiger partial charge in [-0.05, 0) is 25.1 Å². The van der Waals surface area contributed by atoms with E-state index in [4.69, 9.17) is 9.47 Å². The largest absolute Gasteiger partial charge is 0.382 e. The van der Waals surface area contributed by atoms with Gasteiger partial charge in [-0.1, -0.05) is 0 Å². The van der Waals surface area contributed by atoms with E-state index in [2.05, 4.69) is 10.2 Å². The predicted octanol–water partition coefficient (Wildman–Crippen LogP) is 2.49. The molecular weight excluding hydrogens is 358 g/mol. The average molecular weight is 376 g/mol. The fourth-order valence-electron chi connectivity index (χ4n) is 3.06. The van der Waals surface area contributed by atoms with Crippen molar-refractivity contribution >= 4 is 0 Å². The van der Waals surface area contributed by atoms with Crippen molar-refractivity contribution in [3.63, 3.8) is 0 Å². The van der Waals surface area contributed by atoms with Crippen LogP contribution in [-0.4, -0.2) is 37.9 Å². The van der Waals surface area contributed by atoms with Gasteiger partial charge in [0.1, 0.15) is 11.9 Å². The van der Waals surface area contributed by atoms with Crippen molar-refractivity contribution in [1.29, 1.82) is 0 Å². The molecule has 27 heavy (non-hydrogen) atoms. The van der Waals surface area contributed by atoms with Crippen LogP contribution in [0, 0.1) is 11.8 Å². The summed E-state index contributed by atoms with van der Waals surface area (Å²) in [4.78, 5) is 0. The summed E-state index contributed by atoms with van der Waals surface area (Å²) in [5, 5.41) is 18.7. The van der Waals surface area contributed by atoms with E-state index in [1.54, 1.807) is 10.9 Å². The van der Waals surface area contributed by atoms with E-state index in [-0.39, 0.29) is 5.69 Å². The van der Waals surface area contributed by atoms with Crippen LogP contribution < -0.4 is 0 Å². The molecule has 1 unspecified atom stereocenters. The standard InChI is InChI=1S/C18H18F2N4O3/c1-2-23-10-11(9-21-23)17(25)15-8-16(20)22-24(15)14-4-3-12(19)7-13(14)18-26-5-6-27-18/h3-4,7-10,17-18,25H,2,5-6H2,1H3. The maximum absolute atomic E-state index is 14.0. The quantitative estimate of drug-likeness (QED) is 0.741. The van der Waals surface area contributed by atoms with E-state index in [0.29, 0.717) is 36.6 Å². The Hall–Kier alpha value is -2.62. The lowest BCUT2D eigenvalue weighted by molar-refractivity contribution is -0.0443. The highest BCUT2D eigenvalue weighted by atomic mass is 19.1. The predicted molar refractivity (Wildman–Crippen MR) is 90.1 cm³/mol. The molecule has 0 aliphatic carbocycles. The Morgan fingerprint density at radius 3 is 2.74 bits per heavy atom. The van der Waals surface area contributed by atoms with E-state index < -0.39 is 24.2 Å². The normalized spacial score (nSPS) is 16.1. The molecule has 1 fully saturated rings. The van der Waals surface area contributed by atoms with E-state index in [0.717, 1.165) is 6.07 Å². The minimum absolute atomic E-state index is 0.189. The fourth-order valence-corrected chi connectivity index (χ4v) is 3.06. The molecule has 142 valence electrons. The van der Waals surface area contributed by atoms with Crippen LogP contribution in [0.25, 0.3) is 5.69 Å². The second kappa shape index (κ2) is 7.18. The minimum atomic E-state index is -1.16. The Bertz CT molecular complexity index is 950. The molecule has 1 N–H and O–H groups in total. The molecular formula is C18H18F2N4O3. The topological polar surface area (TPSA) is 74.3 Å². The highest BCUT2D eigenvalue weighted by Crippen LogP contribution is 2.32. The second-order valence-corrected chi connectivity index (χ2v) is 6.11. The van der Waals surface area contributed by atoms with Crippen LogP contribution in [0.15, 0.2) is 36.7 Å². The third-order valence-corrected chi connectivity index (χ3v) is 4.37. The molecule has 0 amide bonds. The van der Waals surface area contributed by atoms with Crippen molar-refractivity contribution in [2.45, 2.75) is 25.9 Å². The second-order valence-electron chi connectivity index (χ2n) is 6.11. The minimum Gasteiger partial charge on any atom is -0.382 e. The van der Waals surface area contributed by atoms with Gasteiger partial charge in [0.25, 0.3) is 0 Å². The number of aliphatic hydroxyl groups excluding tert-OH is 1. The Morgan fingerprint density at radius 2 is 2.04 bits per heavy atom. The zero-order valence-corrected chi connectivity index (χ0v) is 14.5. The molecule has 3 heterocycles. The molecule has 1 aliphatic rings. The van der Waals surface area contributed by atoms with Crippen molar-refractivity contribution in [1.82, 2.24) is 19.6 Å². The lowest BCUT2D eigenvalue weighted by Gasteiger charge is -2.18. The van der Waals surface area contributed by atoms with Crippen molar-refractivity contribution in [2.24, 2.45) is 0 Å². The molecule has 0 radical (unpaired) electrons. The summed E-state index contributed by atoms with van der Waals surface area (Å²) >= 11 is 0. The Balaban J connectivity index is 1.79. The van der Waals surface area contributed by atoms with Crippen molar-refractivity contribution in [3.05, 3.63) is 65.2 Å². The molecule has 2 aromatic heterocycles. The first-order chi connectivity index (χ1) is 13.1. The van der Waals surface area contributed by atoms with Crippen LogP contribution in [0.4, 0.5) is 8.78 Å². The summed E-state index contributed by atoms with van der Waals surface area (Å²) < 4.78 is 41.6. The number of rotatable bonds is 5. The maximum atomic E-state index is 14.0. The first kappa shape index (κ1) is 17.8. The summed E-state index contributed by atoms with van der Waals surface area (Å²) in [7, 11) is 0. The molecule has 9 heteroatoms. The highest BCUT2D eigenvalue weighted by molar-refractivity contribution is 5.44. The monoisotopic (exact) mass is 376 g/mol. The van der Waals surface area contributed by atoms with Crippen LogP contribution in [-0.2, 0) is 16.0 Å². The summed E-state index contributed by atoms with van der Waals surface area (Å²) in [5.74, 6) is -1.25. The average Bonchev–Trinajstić information content (AvgIpc) is 3.41. The van der Waals surface area contributed by atoms with Crippen LogP contribution in [0.1, 0.15) is 36.1 Å². The van der Waals surface area contributed by atoms with E-state index in [1.807, 2.05) is 6.92 Å². The first-order valence-corrected chi connectivity index (χ1v) is 8.55. The summed E-state index contributed by atoms with van der Waals surface area (Å²) in [5.41, 5.74) is 1.42. The van der Waals surface area contributed by atoms with Crippen LogP contribution in [0.2, 0.25) is 0 Å². The highest BCUT2D eigenvalue weighted by Gasteiger charge is 2.27. The van der Waals surface area contributed by atoms with Gasteiger partial charge in [-0.2, -0.15) is 9.49 Å². The van der Waals surface area contributed by atoms with Gasteiger partial charge in [0.2, 0.25) is 5.95 Å². The molecule has 3 aromatic rings. The third-order valence-electron chi connectivity index (χ3n) is 4.37. The molecule has 1 atom stereocenters. The van der Waals surface area contributed by atoms with Gasteiger partial charge in [0.15, 0.2) is 6.29 Å². The van der Waals surface area contributed by atoms with Crippen molar-refractivity contribution in [2.75, 3.05) is 13.2 Å². The SMILES string of the molecule is CCn1cc(C(O)c2cc(F)nn2-c2ccc(F)cc2C2OCCO2)cn1. The fraction of sp³-hybridized carbons (Fsp3) is 0.333. The van der Waals surface area contributed by atoms with Gasteiger partial charge in [-0.25, -0.2) is 9.07 Å². The Labute approximate surface area is 153 Å². The van der Waals surface area contributed by atoms with Gasteiger partial charge in [0.05, 0.1) is 30.8 Å². The summed E-state index contributed by atoms with van der Waals surface area (Å²) in [6.07, 6.45) is 1.24. The Morgan fingerprint density at radius 1 is 1.26 bits per heavy atom. The lowest BCUT2D eigenvalue weighted by atomic mass is 10.1. The zero-order valence-electron chi connectivity index (χ0n) is 14.5. The number of hydrogen-bond acceptors (Lipinski definition) is 5. The van der Waals surface area contributed by atoms with Crippen LogP contribution in [0.3, 0.4) is 0 Å². The third kappa shape index (κ3) is 3.36. The van der Waals surface area contributed by atoms with Crippen molar-refractivity contribution in [3.8, 4) is 5.69 Å². The van der Waals surface area contributed by atoms with Gasteiger partial charge in [-0.3, -0.25) is 4.68 Å².